The van der Waals surface area contributed by atoms with E-state index < -0.39 is 11.8 Å². The van der Waals surface area contributed by atoms with Gasteiger partial charge in [-0.2, -0.15) is 0 Å². The largest absolute Gasteiger partial charge is 0.497 e. The standard InChI is InChI=1S/C21H25BrN2O5/c1-14(2)10-11-28-19-9-4-15(22)12-18(19)21(26)24-23-20(25)13-29-17-7-5-16(27-3)6-8-17/h4-9,12,14H,10-11,13H2,1-3H3,(H,23,25)(H,24,26). The Kier molecular flexibility index (Phi) is 8.79. The smallest absolute Gasteiger partial charge is 0.276 e. The van der Waals surface area contributed by atoms with Crippen LogP contribution in [0.3, 0.4) is 0 Å². The lowest BCUT2D eigenvalue weighted by Crippen LogP contribution is -2.44. The molecule has 8 heteroatoms. The molecule has 0 aliphatic heterocycles. The number of ether oxygens (including phenoxy) is 3. The van der Waals surface area contributed by atoms with Gasteiger partial charge in [0, 0.05) is 4.47 Å². The van der Waals surface area contributed by atoms with Gasteiger partial charge in [-0.05, 0) is 54.8 Å². The zero-order valence-electron chi connectivity index (χ0n) is 16.7. The Balaban J connectivity index is 1.87. The highest BCUT2D eigenvalue weighted by Gasteiger charge is 2.15. The van der Waals surface area contributed by atoms with Crippen LogP contribution in [0.4, 0.5) is 0 Å². The fourth-order valence-corrected chi connectivity index (χ4v) is 2.62. The summed E-state index contributed by atoms with van der Waals surface area (Å²) in [6.45, 7) is 4.45. The molecule has 0 radical (unpaired) electrons. The third-order valence-corrected chi connectivity index (χ3v) is 4.38. The molecule has 2 N–H and O–H groups in total. The molecule has 156 valence electrons. The van der Waals surface area contributed by atoms with Crippen molar-refractivity contribution < 1.29 is 23.8 Å². The highest BCUT2D eigenvalue weighted by Crippen LogP contribution is 2.23. The SMILES string of the molecule is COc1ccc(OCC(=O)NNC(=O)c2cc(Br)ccc2OCCC(C)C)cc1. The summed E-state index contributed by atoms with van der Waals surface area (Å²) in [4.78, 5) is 24.4. The first-order valence-electron chi connectivity index (χ1n) is 9.17. The van der Waals surface area contributed by atoms with E-state index >= 15 is 0 Å². The summed E-state index contributed by atoms with van der Waals surface area (Å²) in [6, 6.07) is 12.0. The fraction of sp³-hybridized carbons (Fsp3) is 0.333. The maximum absolute atomic E-state index is 12.5. The van der Waals surface area contributed by atoms with Gasteiger partial charge in [0.25, 0.3) is 11.8 Å². The van der Waals surface area contributed by atoms with Crippen LogP contribution in [0.15, 0.2) is 46.9 Å². The molecule has 2 amide bonds. The molecule has 0 fully saturated rings. The Morgan fingerprint density at radius 2 is 1.69 bits per heavy atom. The van der Waals surface area contributed by atoms with Gasteiger partial charge in [-0.25, -0.2) is 0 Å². The molecule has 29 heavy (non-hydrogen) atoms. The fourth-order valence-electron chi connectivity index (χ4n) is 2.26. The first-order chi connectivity index (χ1) is 13.9. The van der Waals surface area contributed by atoms with E-state index in [1.807, 2.05) is 0 Å². The monoisotopic (exact) mass is 464 g/mol. The molecule has 0 aliphatic carbocycles. The molecule has 0 aromatic heterocycles. The van der Waals surface area contributed by atoms with Crippen molar-refractivity contribution in [2.45, 2.75) is 20.3 Å². The Labute approximate surface area is 178 Å². The summed E-state index contributed by atoms with van der Waals surface area (Å²) in [5, 5.41) is 0. The van der Waals surface area contributed by atoms with Crippen LogP contribution in [-0.2, 0) is 4.79 Å². The van der Waals surface area contributed by atoms with Gasteiger partial charge in [0.15, 0.2) is 6.61 Å². The van der Waals surface area contributed by atoms with E-state index in [2.05, 4.69) is 40.6 Å². The van der Waals surface area contributed by atoms with Crippen LogP contribution in [0.25, 0.3) is 0 Å². The van der Waals surface area contributed by atoms with Crippen LogP contribution >= 0.6 is 15.9 Å². The van der Waals surface area contributed by atoms with E-state index in [0.717, 1.165) is 10.9 Å². The number of carbonyl (C=O) groups excluding carboxylic acids is 2. The van der Waals surface area contributed by atoms with Crippen molar-refractivity contribution in [2.75, 3.05) is 20.3 Å². The van der Waals surface area contributed by atoms with Gasteiger partial charge in [0.2, 0.25) is 0 Å². The molecule has 0 spiro atoms. The second-order valence-electron chi connectivity index (χ2n) is 6.64. The van der Waals surface area contributed by atoms with Crippen LogP contribution in [0.2, 0.25) is 0 Å². The molecule has 0 saturated carbocycles. The topological polar surface area (TPSA) is 85.9 Å². The number of rotatable bonds is 9. The first-order valence-corrected chi connectivity index (χ1v) is 9.96. The van der Waals surface area contributed by atoms with Crippen molar-refractivity contribution in [3.63, 3.8) is 0 Å². The van der Waals surface area contributed by atoms with Gasteiger partial charge in [0.05, 0.1) is 19.3 Å². The molecule has 2 rings (SSSR count). The lowest BCUT2D eigenvalue weighted by Gasteiger charge is -2.14. The van der Waals surface area contributed by atoms with Gasteiger partial charge in [-0.3, -0.25) is 20.4 Å². The van der Waals surface area contributed by atoms with Crippen molar-refractivity contribution >= 4 is 27.7 Å². The number of halogens is 1. The number of nitrogens with one attached hydrogen (secondary N) is 2. The number of methoxy groups -OCH3 is 1. The van der Waals surface area contributed by atoms with E-state index in [-0.39, 0.29) is 6.61 Å². The van der Waals surface area contributed by atoms with Crippen molar-refractivity contribution in [1.82, 2.24) is 10.9 Å². The minimum absolute atomic E-state index is 0.247. The van der Waals surface area contributed by atoms with Crippen LogP contribution in [0.5, 0.6) is 17.2 Å². The van der Waals surface area contributed by atoms with Crippen LogP contribution < -0.4 is 25.1 Å². The normalized spacial score (nSPS) is 10.4. The van der Waals surface area contributed by atoms with E-state index in [4.69, 9.17) is 14.2 Å². The Morgan fingerprint density at radius 3 is 2.34 bits per heavy atom. The summed E-state index contributed by atoms with van der Waals surface area (Å²) in [6.07, 6.45) is 0.872. The predicted molar refractivity (Wildman–Crippen MR) is 113 cm³/mol. The minimum atomic E-state index is -0.494. The molecule has 7 nitrogen and oxygen atoms in total. The number of carbonyl (C=O) groups is 2. The molecule has 0 atom stereocenters. The summed E-state index contributed by atoms with van der Waals surface area (Å²) in [7, 11) is 1.57. The summed E-state index contributed by atoms with van der Waals surface area (Å²) >= 11 is 3.35. The third kappa shape index (κ3) is 7.65. The highest BCUT2D eigenvalue weighted by molar-refractivity contribution is 9.10. The Morgan fingerprint density at radius 1 is 1.00 bits per heavy atom. The van der Waals surface area contributed by atoms with Gasteiger partial charge in [-0.1, -0.05) is 29.8 Å². The van der Waals surface area contributed by atoms with Gasteiger partial charge < -0.3 is 14.2 Å². The van der Waals surface area contributed by atoms with E-state index in [1.165, 1.54) is 0 Å². The van der Waals surface area contributed by atoms with Crippen LogP contribution in [-0.4, -0.2) is 32.1 Å². The Bertz CT molecular complexity index is 824. The average molecular weight is 465 g/mol. The number of hydrazine groups is 1. The Hall–Kier alpha value is -2.74. The lowest BCUT2D eigenvalue weighted by molar-refractivity contribution is -0.123. The lowest BCUT2D eigenvalue weighted by atomic mass is 10.1. The summed E-state index contributed by atoms with van der Waals surface area (Å²) in [5.41, 5.74) is 5.04. The van der Waals surface area contributed by atoms with Crippen LogP contribution in [0.1, 0.15) is 30.6 Å². The van der Waals surface area contributed by atoms with E-state index in [1.54, 1.807) is 49.6 Å². The molecule has 0 unspecified atom stereocenters. The van der Waals surface area contributed by atoms with Crippen molar-refractivity contribution in [2.24, 2.45) is 5.92 Å². The molecule has 2 aromatic rings. The molecular formula is C21H25BrN2O5. The number of hydrogen-bond donors (Lipinski definition) is 2. The molecule has 0 aliphatic rings. The summed E-state index contributed by atoms with van der Waals surface area (Å²) < 4.78 is 16.9. The maximum Gasteiger partial charge on any atom is 0.276 e. The highest BCUT2D eigenvalue weighted by atomic mass is 79.9. The molecule has 0 bridgehead atoms. The van der Waals surface area contributed by atoms with E-state index in [9.17, 15) is 9.59 Å². The zero-order valence-corrected chi connectivity index (χ0v) is 18.2. The first kappa shape index (κ1) is 22.5. The summed E-state index contributed by atoms with van der Waals surface area (Å²) in [5.74, 6) is 1.17. The number of benzene rings is 2. The van der Waals surface area contributed by atoms with E-state index in [0.29, 0.717) is 35.3 Å². The quantitative estimate of drug-likeness (QED) is 0.552. The third-order valence-electron chi connectivity index (χ3n) is 3.88. The predicted octanol–water partition coefficient (Wildman–Crippen LogP) is 3.72. The second-order valence-corrected chi connectivity index (χ2v) is 7.55. The van der Waals surface area contributed by atoms with Crippen LogP contribution in [0, 0.1) is 5.92 Å². The molecular weight excluding hydrogens is 440 g/mol. The van der Waals surface area contributed by atoms with Gasteiger partial charge in [-0.15, -0.1) is 0 Å². The van der Waals surface area contributed by atoms with Crippen molar-refractivity contribution in [1.29, 1.82) is 0 Å². The maximum atomic E-state index is 12.5. The minimum Gasteiger partial charge on any atom is -0.497 e. The second kappa shape index (κ2) is 11.3. The number of hydrogen-bond acceptors (Lipinski definition) is 5. The average Bonchev–Trinajstić information content (AvgIpc) is 2.71. The van der Waals surface area contributed by atoms with Gasteiger partial charge >= 0.3 is 0 Å². The number of amides is 2. The molecule has 0 saturated heterocycles. The van der Waals surface area contributed by atoms with Gasteiger partial charge in [0.1, 0.15) is 17.2 Å². The molecule has 2 aromatic carbocycles. The van der Waals surface area contributed by atoms with Crippen molar-refractivity contribution in [3.05, 3.63) is 52.5 Å². The van der Waals surface area contributed by atoms with Crippen molar-refractivity contribution in [3.8, 4) is 17.2 Å². The molecule has 0 heterocycles. The zero-order chi connectivity index (χ0) is 21.2.